The normalized spacial score (nSPS) is 18.9. The van der Waals surface area contributed by atoms with Crippen LogP contribution in [-0.4, -0.2) is 56.8 Å². The van der Waals surface area contributed by atoms with Crippen LogP contribution >= 0.6 is 0 Å². The number of ether oxygens (including phenoxy) is 1. The minimum atomic E-state index is -0.246. The van der Waals surface area contributed by atoms with Crippen LogP contribution in [0.2, 0.25) is 0 Å². The number of anilines is 1. The highest BCUT2D eigenvalue weighted by Crippen LogP contribution is 2.23. The Morgan fingerprint density at radius 2 is 2.00 bits per heavy atom. The number of nitrogens with zero attached hydrogens (tertiary/aromatic N) is 4. The van der Waals surface area contributed by atoms with E-state index >= 15 is 0 Å². The van der Waals surface area contributed by atoms with Gasteiger partial charge in [-0.2, -0.15) is 5.10 Å². The van der Waals surface area contributed by atoms with Gasteiger partial charge in [-0.15, -0.1) is 0 Å². The molecule has 0 bridgehead atoms. The molecule has 3 heterocycles. The van der Waals surface area contributed by atoms with Gasteiger partial charge in [0.1, 0.15) is 5.82 Å². The topological polar surface area (TPSA) is 98.3 Å². The number of benzene rings is 1. The number of aromatic nitrogens is 3. The highest BCUT2D eigenvalue weighted by atomic mass is 16.5. The van der Waals surface area contributed by atoms with Gasteiger partial charge >= 0.3 is 0 Å². The average molecular weight is 435 g/mol. The summed E-state index contributed by atoms with van der Waals surface area (Å²) in [6.07, 6.45) is 5.15. The number of nitrogens with two attached hydrogens (primary N) is 1. The Morgan fingerprint density at radius 3 is 2.69 bits per heavy atom. The second kappa shape index (κ2) is 9.50. The fraction of sp³-hybridized carbons (Fsp3) is 0.375. The molecule has 2 unspecified atom stereocenters. The molecule has 8 nitrogen and oxygen atoms in total. The molecule has 3 N–H and O–H groups in total. The van der Waals surface area contributed by atoms with Crippen LogP contribution in [0.15, 0.2) is 55.0 Å². The molecular weight excluding hydrogens is 404 g/mol. The molecule has 0 aliphatic carbocycles. The van der Waals surface area contributed by atoms with Crippen molar-refractivity contribution in [2.24, 2.45) is 7.05 Å². The van der Waals surface area contributed by atoms with E-state index in [1.165, 1.54) is 0 Å². The molecule has 4 rings (SSSR count). The number of aryl methyl sites for hydroxylation is 1. The lowest BCUT2D eigenvalue weighted by Gasteiger charge is -2.21. The van der Waals surface area contributed by atoms with Crippen LogP contribution in [0.5, 0.6) is 0 Å². The van der Waals surface area contributed by atoms with Gasteiger partial charge in [-0.1, -0.05) is 30.3 Å². The van der Waals surface area contributed by atoms with Crippen molar-refractivity contribution >= 4 is 11.7 Å². The lowest BCUT2D eigenvalue weighted by atomic mass is 10.1. The minimum absolute atomic E-state index is 0.114. The number of hydrogen-bond donors (Lipinski definition) is 2. The first-order valence-electron chi connectivity index (χ1n) is 10.9. The molecule has 0 saturated carbocycles. The number of nitrogen functional groups attached to an aromatic ring is 1. The summed E-state index contributed by atoms with van der Waals surface area (Å²) in [5, 5.41) is 7.33. The second-order valence-electron chi connectivity index (χ2n) is 8.52. The molecule has 32 heavy (non-hydrogen) atoms. The molecule has 1 amide bonds. The largest absolute Gasteiger partial charge is 0.383 e. The number of carbonyl (C=O) groups is 1. The molecule has 3 aromatic rings. The van der Waals surface area contributed by atoms with Crippen molar-refractivity contribution in [3.05, 3.63) is 66.1 Å². The lowest BCUT2D eigenvalue weighted by Crippen LogP contribution is -2.44. The highest BCUT2D eigenvalue weighted by Gasteiger charge is 2.36. The predicted octanol–water partition coefficient (Wildman–Crippen LogP) is 2.47. The van der Waals surface area contributed by atoms with E-state index in [-0.39, 0.29) is 23.9 Å². The molecule has 1 aromatic carbocycles. The molecular formula is C24H30N6O2. The first-order valence-corrected chi connectivity index (χ1v) is 10.9. The Labute approximate surface area is 188 Å². The average Bonchev–Trinajstić information content (AvgIpc) is 3.39. The van der Waals surface area contributed by atoms with Gasteiger partial charge in [0.05, 0.1) is 30.5 Å². The Hall–Kier alpha value is -3.23. The third-order valence-electron chi connectivity index (χ3n) is 5.85. The van der Waals surface area contributed by atoms with Crippen LogP contribution in [-0.2, 0) is 18.4 Å². The molecule has 1 aliphatic heterocycles. The first-order chi connectivity index (χ1) is 15.4. The Morgan fingerprint density at radius 1 is 1.22 bits per heavy atom. The van der Waals surface area contributed by atoms with Crippen LogP contribution < -0.4 is 11.1 Å². The maximum absolute atomic E-state index is 13.2. The Balaban J connectivity index is 1.49. The lowest BCUT2D eigenvalue weighted by molar-refractivity contribution is 0.0300. The zero-order valence-corrected chi connectivity index (χ0v) is 18.7. The van der Waals surface area contributed by atoms with Gasteiger partial charge < -0.3 is 15.8 Å². The van der Waals surface area contributed by atoms with Crippen molar-refractivity contribution in [1.82, 2.24) is 25.0 Å². The molecule has 1 saturated heterocycles. The van der Waals surface area contributed by atoms with E-state index in [9.17, 15) is 4.79 Å². The molecule has 168 valence electrons. The maximum atomic E-state index is 13.2. The van der Waals surface area contributed by atoms with Crippen LogP contribution in [0.1, 0.15) is 29.8 Å². The predicted molar refractivity (Wildman–Crippen MR) is 124 cm³/mol. The van der Waals surface area contributed by atoms with Gasteiger partial charge in [0, 0.05) is 49.7 Å². The van der Waals surface area contributed by atoms with Crippen LogP contribution in [0, 0.1) is 0 Å². The SMILES string of the molecule is CC(C)N1CC(NC(=O)c2cc(-c3cnn(C)c3)cnc2N)C(OCc2ccccc2)C1. The number of pyridine rings is 1. The second-order valence-corrected chi connectivity index (χ2v) is 8.52. The minimum Gasteiger partial charge on any atom is -0.383 e. The van der Waals surface area contributed by atoms with Crippen molar-refractivity contribution in [2.75, 3.05) is 18.8 Å². The fourth-order valence-corrected chi connectivity index (χ4v) is 3.94. The summed E-state index contributed by atoms with van der Waals surface area (Å²) < 4.78 is 7.94. The van der Waals surface area contributed by atoms with E-state index in [0.29, 0.717) is 18.2 Å². The fourth-order valence-electron chi connectivity index (χ4n) is 3.94. The van der Waals surface area contributed by atoms with Crippen LogP contribution in [0.3, 0.4) is 0 Å². The number of rotatable bonds is 7. The number of amides is 1. The monoisotopic (exact) mass is 434 g/mol. The molecule has 1 aliphatic rings. The third-order valence-corrected chi connectivity index (χ3v) is 5.85. The number of carbonyl (C=O) groups excluding carboxylic acids is 1. The summed E-state index contributed by atoms with van der Waals surface area (Å²) in [6.45, 7) is 6.29. The van der Waals surface area contributed by atoms with E-state index in [2.05, 4.69) is 34.1 Å². The van der Waals surface area contributed by atoms with E-state index in [4.69, 9.17) is 10.5 Å². The van der Waals surface area contributed by atoms with Gasteiger partial charge in [0.15, 0.2) is 0 Å². The molecule has 0 radical (unpaired) electrons. The number of likely N-dealkylation sites (tertiary alicyclic amines) is 1. The van der Waals surface area contributed by atoms with Crippen molar-refractivity contribution in [1.29, 1.82) is 0 Å². The maximum Gasteiger partial charge on any atom is 0.255 e. The highest BCUT2D eigenvalue weighted by molar-refractivity contribution is 5.99. The van der Waals surface area contributed by atoms with Crippen molar-refractivity contribution in [3.63, 3.8) is 0 Å². The van der Waals surface area contributed by atoms with E-state index in [0.717, 1.165) is 29.8 Å². The quantitative estimate of drug-likeness (QED) is 0.593. The number of hydrogen-bond acceptors (Lipinski definition) is 6. The zero-order chi connectivity index (χ0) is 22.7. The van der Waals surface area contributed by atoms with Crippen molar-refractivity contribution in [2.45, 2.75) is 38.6 Å². The smallest absolute Gasteiger partial charge is 0.255 e. The Kier molecular flexibility index (Phi) is 6.53. The molecule has 8 heteroatoms. The summed E-state index contributed by atoms with van der Waals surface area (Å²) in [4.78, 5) is 19.7. The van der Waals surface area contributed by atoms with Crippen molar-refractivity contribution < 1.29 is 9.53 Å². The first kappa shape index (κ1) is 22.0. The standard InChI is InChI=1S/C24H30N6O2/c1-16(2)30-13-21(22(14-30)32-15-17-7-5-4-6-8-17)28-24(31)20-9-18(10-26-23(20)25)19-11-27-29(3)12-19/h4-12,16,21-22H,13-15H2,1-3H3,(H2,25,26)(H,28,31). The summed E-state index contributed by atoms with van der Waals surface area (Å²) in [7, 11) is 1.85. The van der Waals surface area contributed by atoms with Crippen molar-refractivity contribution in [3.8, 4) is 11.1 Å². The number of nitrogens with one attached hydrogen (secondary N) is 1. The molecule has 0 spiro atoms. The summed E-state index contributed by atoms with van der Waals surface area (Å²) in [6, 6.07) is 12.0. The van der Waals surface area contributed by atoms with Crippen LogP contribution in [0.4, 0.5) is 5.82 Å². The zero-order valence-electron chi connectivity index (χ0n) is 18.7. The van der Waals surface area contributed by atoms with Gasteiger partial charge in [-0.3, -0.25) is 14.4 Å². The summed E-state index contributed by atoms with van der Waals surface area (Å²) in [5.41, 5.74) is 9.20. The van der Waals surface area contributed by atoms with Gasteiger partial charge in [0.2, 0.25) is 0 Å². The van der Waals surface area contributed by atoms with Crippen LogP contribution in [0.25, 0.3) is 11.1 Å². The molecule has 2 atom stereocenters. The summed E-state index contributed by atoms with van der Waals surface area (Å²) in [5.74, 6) is -0.0414. The van der Waals surface area contributed by atoms with Gasteiger partial charge in [0.25, 0.3) is 5.91 Å². The summed E-state index contributed by atoms with van der Waals surface area (Å²) >= 11 is 0. The van der Waals surface area contributed by atoms with Gasteiger partial charge in [-0.25, -0.2) is 4.98 Å². The molecule has 2 aromatic heterocycles. The van der Waals surface area contributed by atoms with E-state index < -0.39 is 0 Å². The van der Waals surface area contributed by atoms with E-state index in [1.54, 1.807) is 23.1 Å². The third kappa shape index (κ3) is 4.98. The van der Waals surface area contributed by atoms with E-state index in [1.807, 2.05) is 43.6 Å². The van der Waals surface area contributed by atoms with Gasteiger partial charge in [-0.05, 0) is 25.5 Å². The molecule has 1 fully saturated rings. The Bertz CT molecular complexity index is 1070.